The van der Waals surface area contributed by atoms with E-state index in [1.54, 1.807) is 0 Å². The summed E-state index contributed by atoms with van der Waals surface area (Å²) >= 11 is 0. The summed E-state index contributed by atoms with van der Waals surface area (Å²) in [7, 11) is 0. The van der Waals surface area contributed by atoms with Gasteiger partial charge in [0.05, 0.1) is 6.04 Å². The lowest BCUT2D eigenvalue weighted by Crippen LogP contribution is -2.52. The van der Waals surface area contributed by atoms with Crippen LogP contribution in [-0.2, 0) is 33.6 Å². The molecule has 0 saturated carbocycles. The van der Waals surface area contributed by atoms with Crippen LogP contribution in [0.5, 0.6) is 0 Å². The summed E-state index contributed by atoms with van der Waals surface area (Å²) in [6.07, 6.45) is 3.33. The molecule has 0 aromatic rings. The van der Waals surface area contributed by atoms with Crippen LogP contribution in [0.4, 0.5) is 0 Å². The molecule has 1 heterocycles. The Morgan fingerprint density at radius 2 is 1.12 bits per heavy atom. The standard InChI is InChI=1S/C18H29N7O7/c19-12(26)11-5-4-7-20-6-2-1-3-8-22-13(27)15(29)24-17(31)18(32)25-16(30)14(28)23-10-9-21-11/h11,20-21H,1-10H2,(H2,19,26)(H,22,27)(H,23,28)(H,24,29,31)(H,25,30,32). The van der Waals surface area contributed by atoms with Gasteiger partial charge in [-0.15, -0.1) is 0 Å². The summed E-state index contributed by atoms with van der Waals surface area (Å²) in [5.41, 5.74) is 5.35. The van der Waals surface area contributed by atoms with E-state index in [9.17, 15) is 33.6 Å². The largest absolute Gasteiger partial charge is 0.368 e. The Labute approximate surface area is 184 Å². The van der Waals surface area contributed by atoms with Gasteiger partial charge in [0.15, 0.2) is 0 Å². The van der Waals surface area contributed by atoms with Gasteiger partial charge in [0.1, 0.15) is 0 Å². The van der Waals surface area contributed by atoms with Gasteiger partial charge in [-0.25, -0.2) is 0 Å². The quantitative estimate of drug-likeness (QED) is 0.149. The molecule has 1 unspecified atom stereocenters. The number of carbonyl (C=O) groups is 7. The number of hydrogen-bond donors (Lipinski definition) is 7. The Morgan fingerprint density at radius 1 is 0.625 bits per heavy atom. The van der Waals surface area contributed by atoms with Crippen molar-refractivity contribution in [2.24, 2.45) is 5.73 Å². The number of primary amides is 1. The van der Waals surface area contributed by atoms with E-state index in [2.05, 4.69) is 21.3 Å². The van der Waals surface area contributed by atoms with Crippen molar-refractivity contribution in [1.82, 2.24) is 31.9 Å². The first-order chi connectivity index (χ1) is 15.2. The van der Waals surface area contributed by atoms with Crippen LogP contribution in [-0.4, -0.2) is 80.1 Å². The molecule has 8 N–H and O–H groups in total. The molecule has 0 aliphatic carbocycles. The number of imide groups is 2. The predicted molar refractivity (Wildman–Crippen MR) is 109 cm³/mol. The van der Waals surface area contributed by atoms with Crippen molar-refractivity contribution in [2.75, 3.05) is 32.7 Å². The Morgan fingerprint density at radius 3 is 1.72 bits per heavy atom. The van der Waals surface area contributed by atoms with Gasteiger partial charge in [-0.2, -0.15) is 0 Å². The molecule has 1 fully saturated rings. The van der Waals surface area contributed by atoms with Gasteiger partial charge in [-0.1, -0.05) is 6.42 Å². The molecule has 0 aromatic heterocycles. The van der Waals surface area contributed by atoms with Gasteiger partial charge in [-0.3, -0.25) is 44.2 Å². The second-order valence-corrected chi connectivity index (χ2v) is 6.94. The molecule has 14 nitrogen and oxygen atoms in total. The van der Waals surface area contributed by atoms with Gasteiger partial charge in [0.25, 0.3) is 0 Å². The molecule has 1 rings (SSSR count). The van der Waals surface area contributed by atoms with Crippen LogP contribution >= 0.6 is 0 Å². The average molecular weight is 455 g/mol. The monoisotopic (exact) mass is 455 g/mol. The Kier molecular flexibility index (Phi) is 12.1. The lowest BCUT2D eigenvalue weighted by Gasteiger charge is -2.15. The van der Waals surface area contributed by atoms with Crippen molar-refractivity contribution in [3.8, 4) is 0 Å². The zero-order chi connectivity index (χ0) is 23.9. The van der Waals surface area contributed by atoms with Crippen LogP contribution < -0.4 is 37.6 Å². The maximum atomic E-state index is 11.7. The minimum absolute atomic E-state index is 0.0622. The SMILES string of the molecule is NC(=O)C1CCCNCCCCCNC(=O)C(=O)NC(=O)C(=O)NC(=O)C(=O)NCCN1. The number of nitrogens with two attached hydrogens (primary N) is 1. The number of nitrogens with one attached hydrogen (secondary N) is 6. The van der Waals surface area contributed by atoms with Gasteiger partial charge in [0.2, 0.25) is 5.91 Å². The van der Waals surface area contributed by atoms with Crippen LogP contribution in [0.15, 0.2) is 0 Å². The normalized spacial score (nSPS) is 22.2. The number of amides is 7. The topological polar surface area (TPSA) is 218 Å². The third-order valence-electron chi connectivity index (χ3n) is 4.38. The highest BCUT2D eigenvalue weighted by atomic mass is 16.2. The fourth-order valence-electron chi connectivity index (χ4n) is 2.67. The summed E-state index contributed by atoms with van der Waals surface area (Å²) < 4.78 is 0. The van der Waals surface area contributed by atoms with E-state index >= 15 is 0 Å². The summed E-state index contributed by atoms with van der Waals surface area (Å²) in [5, 5.41) is 13.6. The average Bonchev–Trinajstić information content (AvgIpc) is 2.74. The van der Waals surface area contributed by atoms with E-state index in [0.29, 0.717) is 25.8 Å². The van der Waals surface area contributed by atoms with Crippen LogP contribution in [0.2, 0.25) is 0 Å². The second-order valence-electron chi connectivity index (χ2n) is 6.94. The van der Waals surface area contributed by atoms with Crippen molar-refractivity contribution in [2.45, 2.75) is 38.1 Å². The third kappa shape index (κ3) is 10.6. The van der Waals surface area contributed by atoms with E-state index in [1.807, 2.05) is 0 Å². The molecular formula is C18H29N7O7. The number of hydrogen-bond acceptors (Lipinski definition) is 9. The van der Waals surface area contributed by atoms with Crippen molar-refractivity contribution in [3.63, 3.8) is 0 Å². The molecule has 0 bridgehead atoms. The van der Waals surface area contributed by atoms with Gasteiger partial charge in [-0.05, 0) is 38.8 Å². The molecular weight excluding hydrogens is 426 g/mol. The Bertz CT molecular complexity index is 741. The first-order valence-corrected chi connectivity index (χ1v) is 10.2. The molecule has 14 heteroatoms. The summed E-state index contributed by atoms with van der Waals surface area (Å²) in [6, 6.07) is -0.615. The smallest absolute Gasteiger partial charge is 0.316 e. The minimum atomic E-state index is -1.58. The number of carbonyl (C=O) groups excluding carboxylic acids is 7. The lowest BCUT2D eigenvalue weighted by atomic mass is 10.1. The van der Waals surface area contributed by atoms with Crippen LogP contribution in [0.25, 0.3) is 0 Å². The Hall–Kier alpha value is -3.39. The first kappa shape index (κ1) is 26.6. The predicted octanol–water partition coefficient (Wildman–Crippen LogP) is -4.50. The van der Waals surface area contributed by atoms with Gasteiger partial charge < -0.3 is 27.0 Å². The van der Waals surface area contributed by atoms with Gasteiger partial charge in [0, 0.05) is 19.6 Å². The maximum Gasteiger partial charge on any atom is 0.316 e. The molecule has 7 amide bonds. The van der Waals surface area contributed by atoms with E-state index in [1.165, 1.54) is 10.6 Å². The highest BCUT2D eigenvalue weighted by Crippen LogP contribution is 1.97. The van der Waals surface area contributed by atoms with E-state index in [-0.39, 0.29) is 19.6 Å². The van der Waals surface area contributed by atoms with Crippen LogP contribution in [0, 0.1) is 0 Å². The summed E-state index contributed by atoms with van der Waals surface area (Å²) in [6.45, 7) is 1.65. The molecule has 1 aliphatic heterocycles. The van der Waals surface area contributed by atoms with Crippen molar-refractivity contribution < 1.29 is 33.6 Å². The zero-order valence-corrected chi connectivity index (χ0v) is 17.6. The highest BCUT2D eigenvalue weighted by molar-refractivity contribution is 6.50. The fourth-order valence-corrected chi connectivity index (χ4v) is 2.67. The van der Waals surface area contributed by atoms with Crippen molar-refractivity contribution in [3.05, 3.63) is 0 Å². The van der Waals surface area contributed by atoms with Crippen LogP contribution in [0.1, 0.15) is 32.1 Å². The van der Waals surface area contributed by atoms with E-state index in [4.69, 9.17) is 5.73 Å². The van der Waals surface area contributed by atoms with E-state index in [0.717, 1.165) is 19.4 Å². The molecule has 0 radical (unpaired) electrons. The maximum absolute atomic E-state index is 11.7. The second kappa shape index (κ2) is 14.6. The Balaban J connectivity index is 2.66. The molecule has 1 atom stereocenters. The molecule has 1 aliphatic rings. The minimum Gasteiger partial charge on any atom is -0.368 e. The van der Waals surface area contributed by atoms with Crippen molar-refractivity contribution in [1.29, 1.82) is 0 Å². The number of rotatable bonds is 1. The fraction of sp³-hybridized carbons (Fsp3) is 0.611. The lowest BCUT2D eigenvalue weighted by molar-refractivity contribution is -0.148. The molecule has 0 spiro atoms. The third-order valence-corrected chi connectivity index (χ3v) is 4.38. The first-order valence-electron chi connectivity index (χ1n) is 10.2. The van der Waals surface area contributed by atoms with Crippen molar-refractivity contribution >= 4 is 41.4 Å². The molecule has 178 valence electrons. The highest BCUT2D eigenvalue weighted by Gasteiger charge is 2.25. The summed E-state index contributed by atoms with van der Waals surface area (Å²) in [4.78, 5) is 81.5. The molecule has 0 aromatic carbocycles. The van der Waals surface area contributed by atoms with E-state index < -0.39 is 47.4 Å². The zero-order valence-electron chi connectivity index (χ0n) is 17.6. The molecule has 32 heavy (non-hydrogen) atoms. The van der Waals surface area contributed by atoms with Crippen LogP contribution in [0.3, 0.4) is 0 Å². The van der Waals surface area contributed by atoms with Gasteiger partial charge >= 0.3 is 35.4 Å². The molecule has 1 saturated heterocycles. The summed E-state index contributed by atoms with van der Waals surface area (Å²) in [5.74, 6) is -8.81.